The molecule has 14 heavy (non-hydrogen) atoms. The highest BCUT2D eigenvalue weighted by molar-refractivity contribution is 4.96. The van der Waals surface area contributed by atoms with Crippen LogP contribution < -0.4 is 5.32 Å². The Morgan fingerprint density at radius 3 is 3.00 bits per heavy atom. The molecule has 78 valence electrons. The van der Waals surface area contributed by atoms with E-state index in [1.54, 1.807) is 0 Å². The Kier molecular flexibility index (Phi) is 3.39. The van der Waals surface area contributed by atoms with Gasteiger partial charge in [-0.2, -0.15) is 5.26 Å². The van der Waals surface area contributed by atoms with Crippen molar-refractivity contribution in [1.29, 1.82) is 5.26 Å². The normalized spacial score (nSPS) is 37.2. The molecular weight excluding hydrogens is 176 g/mol. The summed E-state index contributed by atoms with van der Waals surface area (Å²) in [7, 11) is 0. The maximum atomic E-state index is 8.91. The first-order valence-corrected chi connectivity index (χ1v) is 5.61. The van der Waals surface area contributed by atoms with Crippen LogP contribution >= 0.6 is 0 Å². The molecule has 1 heterocycles. The third kappa shape index (κ3) is 2.26. The highest BCUT2D eigenvalue weighted by atomic mass is 16.5. The van der Waals surface area contributed by atoms with E-state index in [4.69, 9.17) is 10.00 Å². The summed E-state index contributed by atoms with van der Waals surface area (Å²) < 4.78 is 5.32. The van der Waals surface area contributed by atoms with Crippen molar-refractivity contribution in [3.8, 4) is 6.07 Å². The molecule has 1 N–H and O–H groups in total. The summed E-state index contributed by atoms with van der Waals surface area (Å²) >= 11 is 0. The molecule has 0 aromatic heterocycles. The number of nitrogens with zero attached hydrogens (tertiary/aromatic N) is 1. The van der Waals surface area contributed by atoms with Gasteiger partial charge in [-0.25, -0.2) is 0 Å². The Balaban J connectivity index is 1.71. The SMILES string of the molecule is N#CC1CCCC1NCC1CCOC1. The third-order valence-electron chi connectivity index (χ3n) is 3.37. The van der Waals surface area contributed by atoms with Crippen LogP contribution in [0, 0.1) is 23.2 Å². The van der Waals surface area contributed by atoms with Gasteiger partial charge >= 0.3 is 0 Å². The zero-order valence-electron chi connectivity index (χ0n) is 8.54. The van der Waals surface area contributed by atoms with Crippen LogP contribution in [-0.4, -0.2) is 25.8 Å². The standard InChI is InChI=1S/C11H18N2O/c12-6-10-2-1-3-11(10)13-7-9-4-5-14-8-9/h9-11,13H,1-5,7-8H2. The van der Waals surface area contributed by atoms with Crippen LogP contribution in [0.5, 0.6) is 0 Å². The molecule has 1 aliphatic carbocycles. The number of hydrogen-bond donors (Lipinski definition) is 1. The summed E-state index contributed by atoms with van der Waals surface area (Å²) in [6, 6.07) is 2.84. The van der Waals surface area contributed by atoms with E-state index >= 15 is 0 Å². The fourth-order valence-corrected chi connectivity index (χ4v) is 2.42. The maximum absolute atomic E-state index is 8.91. The Morgan fingerprint density at radius 2 is 2.29 bits per heavy atom. The lowest BCUT2D eigenvalue weighted by Crippen LogP contribution is -2.35. The van der Waals surface area contributed by atoms with Crippen LogP contribution in [0.15, 0.2) is 0 Å². The van der Waals surface area contributed by atoms with E-state index in [0.29, 0.717) is 12.0 Å². The smallest absolute Gasteiger partial charge is 0.0672 e. The van der Waals surface area contributed by atoms with Crippen LogP contribution in [0.1, 0.15) is 25.7 Å². The molecule has 3 unspecified atom stereocenters. The van der Waals surface area contributed by atoms with E-state index < -0.39 is 0 Å². The molecule has 3 atom stereocenters. The number of rotatable bonds is 3. The summed E-state index contributed by atoms with van der Waals surface area (Å²) in [5.41, 5.74) is 0. The molecule has 1 aliphatic heterocycles. The van der Waals surface area contributed by atoms with Crippen molar-refractivity contribution < 1.29 is 4.74 Å². The van der Waals surface area contributed by atoms with Crippen molar-refractivity contribution in [2.45, 2.75) is 31.7 Å². The molecule has 1 saturated heterocycles. The first-order chi connectivity index (χ1) is 6.90. The summed E-state index contributed by atoms with van der Waals surface area (Å²) in [4.78, 5) is 0. The summed E-state index contributed by atoms with van der Waals surface area (Å²) in [6.45, 7) is 2.85. The van der Waals surface area contributed by atoms with Gasteiger partial charge in [0.25, 0.3) is 0 Å². The molecule has 0 aromatic rings. The van der Waals surface area contributed by atoms with Crippen LogP contribution in [0.3, 0.4) is 0 Å². The highest BCUT2D eigenvalue weighted by Crippen LogP contribution is 2.25. The lowest BCUT2D eigenvalue weighted by Gasteiger charge is -2.17. The van der Waals surface area contributed by atoms with Gasteiger partial charge in [-0.3, -0.25) is 0 Å². The lowest BCUT2D eigenvalue weighted by atomic mass is 10.0. The first-order valence-electron chi connectivity index (χ1n) is 5.61. The van der Waals surface area contributed by atoms with E-state index in [0.717, 1.165) is 26.2 Å². The average Bonchev–Trinajstić information content (AvgIpc) is 2.85. The second-order valence-electron chi connectivity index (χ2n) is 4.41. The largest absolute Gasteiger partial charge is 0.381 e. The second-order valence-corrected chi connectivity index (χ2v) is 4.41. The predicted molar refractivity (Wildman–Crippen MR) is 53.7 cm³/mol. The van der Waals surface area contributed by atoms with E-state index in [-0.39, 0.29) is 5.92 Å². The fourth-order valence-electron chi connectivity index (χ4n) is 2.42. The molecule has 0 amide bonds. The minimum Gasteiger partial charge on any atom is -0.381 e. The van der Waals surface area contributed by atoms with Crippen molar-refractivity contribution in [2.75, 3.05) is 19.8 Å². The van der Waals surface area contributed by atoms with Gasteiger partial charge < -0.3 is 10.1 Å². The van der Waals surface area contributed by atoms with Gasteiger partial charge in [0, 0.05) is 19.2 Å². The van der Waals surface area contributed by atoms with Crippen LogP contribution in [0.2, 0.25) is 0 Å². The third-order valence-corrected chi connectivity index (χ3v) is 3.37. The molecule has 0 aromatic carbocycles. The van der Waals surface area contributed by atoms with Gasteiger partial charge in [0.1, 0.15) is 0 Å². The average molecular weight is 194 g/mol. The van der Waals surface area contributed by atoms with Crippen molar-refractivity contribution in [3.63, 3.8) is 0 Å². The Bertz CT molecular complexity index is 218. The minimum absolute atomic E-state index is 0.248. The fraction of sp³-hybridized carbons (Fsp3) is 0.909. The Labute approximate surface area is 85.4 Å². The molecule has 2 aliphatic rings. The van der Waals surface area contributed by atoms with E-state index in [1.165, 1.54) is 19.3 Å². The molecule has 0 bridgehead atoms. The van der Waals surface area contributed by atoms with Gasteiger partial charge in [0.2, 0.25) is 0 Å². The topological polar surface area (TPSA) is 45.0 Å². The Morgan fingerprint density at radius 1 is 1.36 bits per heavy atom. The molecule has 1 saturated carbocycles. The molecule has 2 fully saturated rings. The predicted octanol–water partition coefficient (Wildman–Crippen LogP) is 1.30. The highest BCUT2D eigenvalue weighted by Gasteiger charge is 2.27. The molecule has 3 nitrogen and oxygen atoms in total. The molecule has 3 heteroatoms. The zero-order valence-corrected chi connectivity index (χ0v) is 8.54. The van der Waals surface area contributed by atoms with Gasteiger partial charge in [-0.1, -0.05) is 6.42 Å². The van der Waals surface area contributed by atoms with E-state index in [1.807, 2.05) is 0 Å². The number of nitrogens with one attached hydrogen (secondary N) is 1. The quantitative estimate of drug-likeness (QED) is 0.736. The van der Waals surface area contributed by atoms with Gasteiger partial charge in [0.15, 0.2) is 0 Å². The van der Waals surface area contributed by atoms with Crippen molar-refractivity contribution in [2.24, 2.45) is 11.8 Å². The Hall–Kier alpha value is -0.590. The van der Waals surface area contributed by atoms with E-state index in [2.05, 4.69) is 11.4 Å². The number of nitriles is 1. The first kappa shape index (κ1) is 9.95. The van der Waals surface area contributed by atoms with Crippen LogP contribution in [0.25, 0.3) is 0 Å². The molecule has 2 rings (SSSR count). The molecule has 0 spiro atoms. The van der Waals surface area contributed by atoms with E-state index in [9.17, 15) is 0 Å². The van der Waals surface area contributed by atoms with Crippen molar-refractivity contribution in [1.82, 2.24) is 5.32 Å². The molecule has 0 radical (unpaired) electrons. The number of ether oxygens (including phenoxy) is 1. The molecular formula is C11H18N2O. The lowest BCUT2D eigenvalue weighted by molar-refractivity contribution is 0.184. The van der Waals surface area contributed by atoms with Gasteiger partial charge in [-0.15, -0.1) is 0 Å². The summed E-state index contributed by atoms with van der Waals surface area (Å²) in [5, 5.41) is 12.4. The summed E-state index contributed by atoms with van der Waals surface area (Å²) in [6.07, 6.45) is 4.63. The monoisotopic (exact) mass is 194 g/mol. The van der Waals surface area contributed by atoms with Crippen LogP contribution in [0.4, 0.5) is 0 Å². The van der Waals surface area contributed by atoms with Crippen molar-refractivity contribution in [3.05, 3.63) is 0 Å². The minimum atomic E-state index is 0.248. The maximum Gasteiger partial charge on any atom is 0.0672 e. The number of hydrogen-bond acceptors (Lipinski definition) is 3. The van der Waals surface area contributed by atoms with Gasteiger partial charge in [-0.05, 0) is 25.2 Å². The second kappa shape index (κ2) is 4.77. The summed E-state index contributed by atoms with van der Waals surface area (Å²) in [5.74, 6) is 0.923. The van der Waals surface area contributed by atoms with Crippen molar-refractivity contribution >= 4 is 0 Å². The van der Waals surface area contributed by atoms with Crippen LogP contribution in [-0.2, 0) is 4.74 Å². The zero-order chi connectivity index (χ0) is 9.80. The van der Waals surface area contributed by atoms with Gasteiger partial charge in [0.05, 0.1) is 18.6 Å².